The van der Waals surface area contributed by atoms with E-state index in [1.807, 2.05) is 24.3 Å². The summed E-state index contributed by atoms with van der Waals surface area (Å²) in [6.45, 7) is 0. The molecule has 0 radical (unpaired) electrons. The number of fused-ring (bicyclic) bond motifs is 1. The zero-order valence-electron chi connectivity index (χ0n) is 12.3. The van der Waals surface area contributed by atoms with Crippen LogP contribution in [-0.4, -0.2) is 17.7 Å². The van der Waals surface area contributed by atoms with Crippen LogP contribution in [0.4, 0.5) is 0 Å². The Morgan fingerprint density at radius 2 is 1.87 bits per heavy atom. The molecular formula is C18H15Cl2NO2. The first-order valence-electron chi connectivity index (χ1n) is 7.40. The fourth-order valence-electron chi connectivity index (χ4n) is 2.78. The summed E-state index contributed by atoms with van der Waals surface area (Å²) in [5.41, 5.74) is 2.17. The maximum atomic E-state index is 12.4. The van der Waals surface area contributed by atoms with Crippen LogP contribution in [0.1, 0.15) is 27.9 Å². The summed E-state index contributed by atoms with van der Waals surface area (Å²) in [7, 11) is 0. The van der Waals surface area contributed by atoms with E-state index in [1.165, 1.54) is 0 Å². The van der Waals surface area contributed by atoms with Gasteiger partial charge in [-0.25, -0.2) is 0 Å². The van der Waals surface area contributed by atoms with Crippen molar-refractivity contribution >= 4 is 34.9 Å². The van der Waals surface area contributed by atoms with Gasteiger partial charge >= 0.3 is 0 Å². The SMILES string of the molecule is O=C1NC(CCc2ccccc2Cl)C(=O)Cc2ccc(Cl)cc21. The van der Waals surface area contributed by atoms with Crippen molar-refractivity contribution in [1.29, 1.82) is 0 Å². The van der Waals surface area contributed by atoms with Crippen LogP contribution in [0.3, 0.4) is 0 Å². The molecule has 1 atom stereocenters. The fraction of sp³-hybridized carbons (Fsp3) is 0.222. The molecule has 5 heteroatoms. The summed E-state index contributed by atoms with van der Waals surface area (Å²) in [5, 5.41) is 3.97. The van der Waals surface area contributed by atoms with Crippen LogP contribution >= 0.6 is 23.2 Å². The summed E-state index contributed by atoms with van der Waals surface area (Å²) in [5.74, 6) is -0.246. The van der Waals surface area contributed by atoms with Gasteiger partial charge < -0.3 is 5.32 Å². The molecule has 0 aliphatic carbocycles. The fourth-order valence-corrected chi connectivity index (χ4v) is 3.18. The summed E-state index contributed by atoms with van der Waals surface area (Å²) < 4.78 is 0. The molecule has 2 aromatic rings. The third kappa shape index (κ3) is 3.57. The van der Waals surface area contributed by atoms with Gasteiger partial charge in [0.2, 0.25) is 0 Å². The van der Waals surface area contributed by atoms with E-state index in [-0.39, 0.29) is 18.1 Å². The predicted molar refractivity (Wildman–Crippen MR) is 91.2 cm³/mol. The molecule has 1 amide bonds. The van der Waals surface area contributed by atoms with E-state index in [2.05, 4.69) is 5.32 Å². The number of aryl methyl sites for hydroxylation is 1. The predicted octanol–water partition coefficient (Wildman–Crippen LogP) is 3.85. The van der Waals surface area contributed by atoms with Crippen LogP contribution in [0.5, 0.6) is 0 Å². The standard InChI is InChI=1S/C18H15Cl2NO2/c19-13-7-5-12-9-17(22)16(21-18(23)14(12)10-13)8-6-11-3-1-2-4-15(11)20/h1-5,7,10,16H,6,8-9H2,(H,21,23). The summed E-state index contributed by atoms with van der Waals surface area (Å²) in [6, 6.07) is 12.1. The Morgan fingerprint density at radius 3 is 2.65 bits per heavy atom. The molecule has 1 heterocycles. The number of carbonyl (C=O) groups is 2. The quantitative estimate of drug-likeness (QED) is 0.916. The Morgan fingerprint density at radius 1 is 1.09 bits per heavy atom. The molecule has 0 saturated carbocycles. The van der Waals surface area contributed by atoms with E-state index in [0.29, 0.717) is 28.5 Å². The lowest BCUT2D eigenvalue weighted by Gasteiger charge is -2.15. The van der Waals surface area contributed by atoms with Gasteiger partial charge in [0.05, 0.1) is 6.04 Å². The monoisotopic (exact) mass is 347 g/mol. The lowest BCUT2D eigenvalue weighted by molar-refractivity contribution is -0.120. The van der Waals surface area contributed by atoms with Gasteiger partial charge in [-0.3, -0.25) is 9.59 Å². The van der Waals surface area contributed by atoms with Gasteiger partial charge in [0.15, 0.2) is 5.78 Å². The molecule has 1 aliphatic heterocycles. The van der Waals surface area contributed by atoms with Gasteiger partial charge in [0.1, 0.15) is 0 Å². The first-order valence-corrected chi connectivity index (χ1v) is 8.15. The van der Waals surface area contributed by atoms with Crippen molar-refractivity contribution in [1.82, 2.24) is 5.32 Å². The zero-order chi connectivity index (χ0) is 16.4. The Labute approximate surface area is 144 Å². The average Bonchev–Trinajstić information content (AvgIpc) is 2.64. The van der Waals surface area contributed by atoms with Crippen LogP contribution < -0.4 is 5.32 Å². The molecule has 0 bridgehead atoms. The van der Waals surface area contributed by atoms with E-state index in [9.17, 15) is 9.59 Å². The van der Waals surface area contributed by atoms with Gasteiger partial charge in [0.25, 0.3) is 5.91 Å². The van der Waals surface area contributed by atoms with E-state index < -0.39 is 6.04 Å². The molecule has 0 spiro atoms. The second-order valence-corrected chi connectivity index (χ2v) is 6.44. The Hall–Kier alpha value is -1.84. The molecule has 118 valence electrons. The van der Waals surface area contributed by atoms with E-state index in [4.69, 9.17) is 23.2 Å². The lowest BCUT2D eigenvalue weighted by Crippen LogP contribution is -2.39. The minimum absolute atomic E-state index is 0.00600. The third-order valence-electron chi connectivity index (χ3n) is 4.04. The first-order chi connectivity index (χ1) is 11.0. The minimum atomic E-state index is -0.509. The van der Waals surface area contributed by atoms with Crippen LogP contribution in [0.25, 0.3) is 0 Å². The molecule has 3 rings (SSSR count). The maximum absolute atomic E-state index is 12.4. The van der Waals surface area contributed by atoms with Crippen molar-refractivity contribution in [2.75, 3.05) is 0 Å². The number of nitrogens with one attached hydrogen (secondary N) is 1. The van der Waals surface area contributed by atoms with Crippen LogP contribution in [0, 0.1) is 0 Å². The van der Waals surface area contributed by atoms with Crippen LogP contribution in [0.2, 0.25) is 10.0 Å². The number of ketones is 1. The molecule has 1 N–H and O–H groups in total. The minimum Gasteiger partial charge on any atom is -0.342 e. The Balaban J connectivity index is 1.77. The zero-order valence-corrected chi connectivity index (χ0v) is 13.8. The molecule has 1 aliphatic rings. The number of carbonyl (C=O) groups excluding carboxylic acids is 2. The van der Waals surface area contributed by atoms with Gasteiger partial charge in [-0.2, -0.15) is 0 Å². The highest BCUT2D eigenvalue weighted by atomic mass is 35.5. The molecule has 23 heavy (non-hydrogen) atoms. The summed E-state index contributed by atoms with van der Waals surface area (Å²) in [6.07, 6.45) is 1.39. The number of benzene rings is 2. The van der Waals surface area contributed by atoms with Gasteiger partial charge in [-0.15, -0.1) is 0 Å². The number of amides is 1. The van der Waals surface area contributed by atoms with Gasteiger partial charge in [-0.1, -0.05) is 47.5 Å². The van der Waals surface area contributed by atoms with E-state index in [1.54, 1.807) is 18.2 Å². The van der Waals surface area contributed by atoms with Gasteiger partial charge in [0, 0.05) is 22.0 Å². The highest BCUT2D eigenvalue weighted by Gasteiger charge is 2.27. The molecular weight excluding hydrogens is 333 g/mol. The molecule has 3 nitrogen and oxygen atoms in total. The molecule has 0 fully saturated rings. The van der Waals surface area contributed by atoms with Gasteiger partial charge in [-0.05, 0) is 42.2 Å². The van der Waals surface area contributed by atoms with Crippen LogP contribution in [0.15, 0.2) is 42.5 Å². The van der Waals surface area contributed by atoms with Crippen LogP contribution in [-0.2, 0) is 17.6 Å². The molecule has 1 unspecified atom stereocenters. The largest absolute Gasteiger partial charge is 0.342 e. The smallest absolute Gasteiger partial charge is 0.252 e. The van der Waals surface area contributed by atoms with E-state index >= 15 is 0 Å². The normalized spacial score (nSPS) is 17.4. The molecule has 2 aromatic carbocycles. The molecule has 0 saturated heterocycles. The first kappa shape index (κ1) is 16.0. The number of halogens is 2. The Kier molecular flexibility index (Phi) is 4.69. The highest BCUT2D eigenvalue weighted by molar-refractivity contribution is 6.31. The van der Waals surface area contributed by atoms with Crippen molar-refractivity contribution in [3.63, 3.8) is 0 Å². The highest BCUT2D eigenvalue weighted by Crippen LogP contribution is 2.22. The topological polar surface area (TPSA) is 46.2 Å². The Bertz CT molecular complexity index is 773. The number of hydrogen-bond acceptors (Lipinski definition) is 2. The second-order valence-electron chi connectivity index (χ2n) is 5.60. The van der Waals surface area contributed by atoms with Crippen molar-refractivity contribution in [3.05, 3.63) is 69.2 Å². The maximum Gasteiger partial charge on any atom is 0.252 e. The van der Waals surface area contributed by atoms with Crippen molar-refractivity contribution in [2.45, 2.75) is 25.3 Å². The molecule has 0 aromatic heterocycles. The lowest BCUT2D eigenvalue weighted by atomic mass is 9.98. The van der Waals surface area contributed by atoms with Crippen molar-refractivity contribution in [2.24, 2.45) is 0 Å². The van der Waals surface area contributed by atoms with Crippen molar-refractivity contribution < 1.29 is 9.59 Å². The van der Waals surface area contributed by atoms with Crippen molar-refractivity contribution in [3.8, 4) is 0 Å². The summed E-state index contributed by atoms with van der Waals surface area (Å²) >= 11 is 12.1. The third-order valence-corrected chi connectivity index (χ3v) is 4.64. The second kappa shape index (κ2) is 6.73. The summed E-state index contributed by atoms with van der Waals surface area (Å²) in [4.78, 5) is 24.8. The number of Topliss-reactive ketones (excluding diaryl/α,β-unsaturated/α-hetero) is 1. The number of rotatable bonds is 3. The average molecular weight is 348 g/mol. The number of hydrogen-bond donors (Lipinski definition) is 1. The van der Waals surface area contributed by atoms with E-state index in [0.717, 1.165) is 11.1 Å².